The van der Waals surface area contributed by atoms with Gasteiger partial charge in [-0.3, -0.25) is 0 Å². The highest BCUT2D eigenvalue weighted by Crippen LogP contribution is 2.30. The molecule has 3 nitrogen and oxygen atoms in total. The Morgan fingerprint density at radius 1 is 1.10 bits per heavy atom. The fraction of sp³-hybridized carbons (Fsp3) is 0.250. The number of rotatable bonds is 5. The number of halogens is 2. The van der Waals surface area contributed by atoms with E-state index in [2.05, 4.69) is 15.9 Å². The van der Waals surface area contributed by atoms with Gasteiger partial charge in [0.05, 0.1) is 14.2 Å². The molecule has 0 spiro atoms. The Hall–Kier alpha value is -1.59. The van der Waals surface area contributed by atoms with E-state index in [0.29, 0.717) is 23.5 Å². The predicted octanol–water partition coefficient (Wildman–Crippen LogP) is 3.85. The molecule has 2 aromatic carbocycles. The van der Waals surface area contributed by atoms with Crippen LogP contribution in [0, 0.1) is 5.82 Å². The summed E-state index contributed by atoms with van der Waals surface area (Å²) < 4.78 is 25.1. The summed E-state index contributed by atoms with van der Waals surface area (Å²) >= 11 is 3.33. The smallest absolute Gasteiger partial charge is 0.160 e. The predicted molar refractivity (Wildman–Crippen MR) is 84.3 cm³/mol. The number of hydrogen-bond donors (Lipinski definition) is 1. The van der Waals surface area contributed by atoms with Crippen LogP contribution in [0.25, 0.3) is 0 Å². The van der Waals surface area contributed by atoms with Crippen LogP contribution >= 0.6 is 15.9 Å². The molecule has 0 fully saturated rings. The molecule has 0 aliphatic carbocycles. The highest BCUT2D eigenvalue weighted by atomic mass is 79.9. The van der Waals surface area contributed by atoms with Gasteiger partial charge < -0.3 is 15.2 Å². The molecule has 2 N–H and O–H groups in total. The maximum atomic E-state index is 13.8. The molecule has 0 saturated heterocycles. The van der Waals surface area contributed by atoms with Crippen molar-refractivity contribution >= 4 is 15.9 Å². The van der Waals surface area contributed by atoms with E-state index in [4.69, 9.17) is 15.2 Å². The zero-order valence-corrected chi connectivity index (χ0v) is 13.5. The average molecular weight is 354 g/mol. The Labute approximate surface area is 132 Å². The Morgan fingerprint density at radius 2 is 1.81 bits per heavy atom. The van der Waals surface area contributed by atoms with Gasteiger partial charge in [-0.2, -0.15) is 0 Å². The molecule has 2 rings (SSSR count). The summed E-state index contributed by atoms with van der Waals surface area (Å²) in [7, 11) is 3.16. The van der Waals surface area contributed by atoms with Gasteiger partial charge >= 0.3 is 0 Å². The monoisotopic (exact) mass is 353 g/mol. The molecule has 0 amide bonds. The molecule has 1 unspecified atom stereocenters. The lowest BCUT2D eigenvalue weighted by molar-refractivity contribution is 0.354. The molecule has 0 bridgehead atoms. The lowest BCUT2D eigenvalue weighted by atomic mass is 9.99. The van der Waals surface area contributed by atoms with Crippen molar-refractivity contribution in [1.29, 1.82) is 0 Å². The average Bonchev–Trinajstić information content (AvgIpc) is 2.49. The topological polar surface area (TPSA) is 44.5 Å². The van der Waals surface area contributed by atoms with E-state index in [9.17, 15) is 4.39 Å². The van der Waals surface area contributed by atoms with E-state index in [1.807, 2.05) is 18.2 Å². The third-order valence-corrected chi connectivity index (χ3v) is 3.75. The lowest BCUT2D eigenvalue weighted by Gasteiger charge is -2.15. The van der Waals surface area contributed by atoms with E-state index in [1.54, 1.807) is 26.4 Å². The van der Waals surface area contributed by atoms with Crippen molar-refractivity contribution in [3.05, 3.63) is 57.8 Å². The zero-order chi connectivity index (χ0) is 15.4. The van der Waals surface area contributed by atoms with Crippen molar-refractivity contribution in [3.8, 4) is 11.5 Å². The first-order chi connectivity index (χ1) is 10.0. The molecule has 2 aromatic rings. The highest BCUT2D eigenvalue weighted by Gasteiger charge is 2.14. The summed E-state index contributed by atoms with van der Waals surface area (Å²) in [4.78, 5) is 0. The Balaban J connectivity index is 2.23. The van der Waals surface area contributed by atoms with Crippen LogP contribution in [0.3, 0.4) is 0 Å². The molecule has 0 aliphatic rings. The number of ether oxygens (including phenoxy) is 2. The highest BCUT2D eigenvalue weighted by molar-refractivity contribution is 9.10. The van der Waals surface area contributed by atoms with Crippen molar-refractivity contribution in [2.24, 2.45) is 5.73 Å². The van der Waals surface area contributed by atoms with Crippen LogP contribution in [-0.2, 0) is 6.42 Å². The Bertz CT molecular complexity index is 634. The number of nitrogens with two attached hydrogens (primary N) is 1. The molecule has 21 heavy (non-hydrogen) atoms. The van der Waals surface area contributed by atoms with Gasteiger partial charge in [0.25, 0.3) is 0 Å². The second-order valence-electron chi connectivity index (χ2n) is 4.67. The summed E-state index contributed by atoms with van der Waals surface area (Å²) in [6, 6.07) is 9.92. The maximum Gasteiger partial charge on any atom is 0.160 e. The Morgan fingerprint density at radius 3 is 2.48 bits per heavy atom. The largest absolute Gasteiger partial charge is 0.493 e. The molecule has 0 aliphatic heterocycles. The van der Waals surface area contributed by atoms with Gasteiger partial charge in [0, 0.05) is 16.1 Å². The molecular weight excluding hydrogens is 337 g/mol. The minimum Gasteiger partial charge on any atom is -0.493 e. The number of hydrogen-bond acceptors (Lipinski definition) is 3. The summed E-state index contributed by atoms with van der Waals surface area (Å²) in [5.41, 5.74) is 7.57. The van der Waals surface area contributed by atoms with Gasteiger partial charge in [-0.15, -0.1) is 0 Å². The van der Waals surface area contributed by atoms with Crippen LogP contribution in [0.15, 0.2) is 40.9 Å². The molecule has 0 saturated carbocycles. The standard InChI is InChI=1S/C16H17BrFNO2/c1-20-15-6-3-10(8-16(15)21-2)7-14(19)12-9-11(17)4-5-13(12)18/h3-6,8-9,14H,7,19H2,1-2H3. The van der Waals surface area contributed by atoms with Crippen molar-refractivity contribution in [1.82, 2.24) is 0 Å². The third-order valence-electron chi connectivity index (χ3n) is 3.26. The summed E-state index contributed by atoms with van der Waals surface area (Å²) in [5, 5.41) is 0. The van der Waals surface area contributed by atoms with E-state index in [1.165, 1.54) is 6.07 Å². The van der Waals surface area contributed by atoms with Crippen molar-refractivity contribution in [2.75, 3.05) is 14.2 Å². The first-order valence-corrected chi connectivity index (χ1v) is 7.26. The first kappa shape index (κ1) is 15.8. The zero-order valence-electron chi connectivity index (χ0n) is 11.9. The van der Waals surface area contributed by atoms with Crippen LogP contribution in [0.1, 0.15) is 17.2 Å². The molecule has 112 valence electrons. The van der Waals surface area contributed by atoms with Crippen LogP contribution in [-0.4, -0.2) is 14.2 Å². The van der Waals surface area contributed by atoms with Crippen molar-refractivity contribution < 1.29 is 13.9 Å². The van der Waals surface area contributed by atoms with Crippen LogP contribution in [0.5, 0.6) is 11.5 Å². The number of methoxy groups -OCH3 is 2. The summed E-state index contributed by atoms with van der Waals surface area (Å²) in [6.07, 6.45) is 0.508. The summed E-state index contributed by atoms with van der Waals surface area (Å²) in [6.45, 7) is 0. The quantitative estimate of drug-likeness (QED) is 0.887. The number of benzene rings is 2. The fourth-order valence-corrected chi connectivity index (χ4v) is 2.55. The van der Waals surface area contributed by atoms with E-state index >= 15 is 0 Å². The second-order valence-corrected chi connectivity index (χ2v) is 5.58. The van der Waals surface area contributed by atoms with Gasteiger partial charge in [0.15, 0.2) is 11.5 Å². The fourth-order valence-electron chi connectivity index (χ4n) is 2.17. The van der Waals surface area contributed by atoms with E-state index in [0.717, 1.165) is 10.0 Å². The van der Waals surface area contributed by atoms with Gasteiger partial charge in [-0.1, -0.05) is 22.0 Å². The normalized spacial score (nSPS) is 12.0. The van der Waals surface area contributed by atoms with Gasteiger partial charge in [-0.25, -0.2) is 4.39 Å². The second kappa shape index (κ2) is 6.91. The molecule has 0 heterocycles. The van der Waals surface area contributed by atoms with Crippen molar-refractivity contribution in [2.45, 2.75) is 12.5 Å². The maximum absolute atomic E-state index is 13.8. The summed E-state index contributed by atoms with van der Waals surface area (Å²) in [5.74, 6) is 0.992. The van der Waals surface area contributed by atoms with Gasteiger partial charge in [-0.05, 0) is 42.3 Å². The minimum atomic E-state index is -0.430. The molecule has 1 atom stereocenters. The molecular formula is C16H17BrFNO2. The molecule has 0 aromatic heterocycles. The van der Waals surface area contributed by atoms with E-state index in [-0.39, 0.29) is 5.82 Å². The van der Waals surface area contributed by atoms with Gasteiger partial charge in [0.2, 0.25) is 0 Å². The van der Waals surface area contributed by atoms with Crippen LogP contribution in [0.2, 0.25) is 0 Å². The minimum absolute atomic E-state index is 0.300. The van der Waals surface area contributed by atoms with Gasteiger partial charge in [0.1, 0.15) is 5.82 Å². The SMILES string of the molecule is COc1ccc(CC(N)c2cc(Br)ccc2F)cc1OC. The van der Waals surface area contributed by atoms with E-state index < -0.39 is 6.04 Å². The third kappa shape index (κ3) is 3.74. The molecule has 5 heteroatoms. The first-order valence-electron chi connectivity index (χ1n) is 6.46. The Kier molecular flexibility index (Phi) is 5.20. The molecule has 0 radical (unpaired) electrons. The van der Waals surface area contributed by atoms with Crippen LogP contribution < -0.4 is 15.2 Å². The van der Waals surface area contributed by atoms with Crippen LogP contribution in [0.4, 0.5) is 4.39 Å². The van der Waals surface area contributed by atoms with Crippen molar-refractivity contribution in [3.63, 3.8) is 0 Å². The lowest BCUT2D eigenvalue weighted by Crippen LogP contribution is -2.15.